The van der Waals surface area contributed by atoms with Crippen molar-refractivity contribution in [1.82, 2.24) is 4.98 Å². The van der Waals surface area contributed by atoms with E-state index in [0.717, 1.165) is 6.07 Å². The molecule has 3 aromatic rings. The maximum absolute atomic E-state index is 12.8. The number of carbonyl (C=O) groups excluding carboxylic acids is 1. The van der Waals surface area contributed by atoms with E-state index in [1.165, 1.54) is 42.5 Å². The van der Waals surface area contributed by atoms with Crippen LogP contribution in [-0.4, -0.2) is 10.9 Å². The average molecular weight is 336 g/mol. The molecule has 24 heavy (non-hydrogen) atoms. The summed E-state index contributed by atoms with van der Waals surface area (Å²) in [6.45, 7) is 0. The van der Waals surface area contributed by atoms with Crippen molar-refractivity contribution >= 4 is 22.5 Å². The molecular formula is C17H12F4N2O. The van der Waals surface area contributed by atoms with Gasteiger partial charge >= 0.3 is 6.18 Å². The number of nitrogens with one attached hydrogen (secondary N) is 2. The summed E-state index contributed by atoms with van der Waals surface area (Å²) < 4.78 is 50.9. The topological polar surface area (TPSA) is 44.9 Å². The second-order valence-electron chi connectivity index (χ2n) is 5.33. The Morgan fingerprint density at radius 3 is 2.42 bits per heavy atom. The molecule has 0 aliphatic heterocycles. The molecule has 2 N–H and O–H groups in total. The van der Waals surface area contributed by atoms with Gasteiger partial charge in [0, 0.05) is 16.6 Å². The molecule has 3 rings (SSSR count). The van der Waals surface area contributed by atoms with Crippen LogP contribution in [0.2, 0.25) is 0 Å². The first kappa shape index (κ1) is 16.0. The maximum atomic E-state index is 12.8. The van der Waals surface area contributed by atoms with Crippen LogP contribution in [0, 0.1) is 5.82 Å². The molecule has 124 valence electrons. The molecule has 0 spiro atoms. The van der Waals surface area contributed by atoms with Crippen LogP contribution in [0.5, 0.6) is 0 Å². The standard InChI is InChI=1S/C17H12F4N2O/c18-12-3-1-10(2-4-12)7-16(24)22-13-5-6-14-11(8-13)9-15(23-14)17(19,20)21/h1-6,8-9,23H,7H2,(H,22,24). The molecule has 2 aromatic carbocycles. The van der Waals surface area contributed by atoms with Gasteiger partial charge in [-0.05, 0) is 42.0 Å². The first-order valence-corrected chi connectivity index (χ1v) is 7.05. The largest absolute Gasteiger partial charge is 0.431 e. The van der Waals surface area contributed by atoms with Gasteiger partial charge in [0.25, 0.3) is 0 Å². The fraction of sp³-hybridized carbons (Fsp3) is 0.118. The zero-order valence-corrected chi connectivity index (χ0v) is 12.2. The Morgan fingerprint density at radius 1 is 1.04 bits per heavy atom. The summed E-state index contributed by atoms with van der Waals surface area (Å²) in [6, 6.07) is 11.0. The van der Waals surface area contributed by atoms with E-state index in [1.807, 2.05) is 0 Å². The lowest BCUT2D eigenvalue weighted by Crippen LogP contribution is -2.14. The van der Waals surface area contributed by atoms with Crippen molar-refractivity contribution in [2.75, 3.05) is 5.32 Å². The van der Waals surface area contributed by atoms with E-state index in [4.69, 9.17) is 0 Å². The first-order valence-electron chi connectivity index (χ1n) is 7.05. The molecule has 0 saturated carbocycles. The number of hydrogen-bond acceptors (Lipinski definition) is 1. The van der Waals surface area contributed by atoms with Crippen molar-refractivity contribution in [3.05, 3.63) is 65.6 Å². The van der Waals surface area contributed by atoms with Crippen LogP contribution in [-0.2, 0) is 17.4 Å². The molecule has 7 heteroatoms. The molecule has 0 fully saturated rings. The third-order valence-corrected chi connectivity index (χ3v) is 3.49. The number of hydrogen-bond donors (Lipinski definition) is 2. The van der Waals surface area contributed by atoms with Gasteiger partial charge in [-0.3, -0.25) is 4.79 Å². The fourth-order valence-electron chi connectivity index (χ4n) is 2.36. The number of rotatable bonds is 3. The maximum Gasteiger partial charge on any atom is 0.431 e. The number of fused-ring (bicyclic) bond motifs is 1. The van der Waals surface area contributed by atoms with E-state index in [9.17, 15) is 22.4 Å². The summed E-state index contributed by atoms with van der Waals surface area (Å²) in [4.78, 5) is 14.3. The van der Waals surface area contributed by atoms with Gasteiger partial charge in [0.05, 0.1) is 6.42 Å². The number of anilines is 1. The molecule has 0 bridgehead atoms. The highest BCUT2D eigenvalue weighted by molar-refractivity contribution is 5.95. The number of amides is 1. The molecule has 3 nitrogen and oxygen atoms in total. The third kappa shape index (κ3) is 3.56. The van der Waals surface area contributed by atoms with Crippen LogP contribution in [0.1, 0.15) is 11.3 Å². The Balaban J connectivity index is 1.74. The normalized spacial score (nSPS) is 11.7. The third-order valence-electron chi connectivity index (χ3n) is 3.49. The molecule has 0 aliphatic carbocycles. The second kappa shape index (κ2) is 5.99. The Bertz CT molecular complexity index is 882. The highest BCUT2D eigenvalue weighted by atomic mass is 19.4. The van der Waals surface area contributed by atoms with Crippen molar-refractivity contribution in [1.29, 1.82) is 0 Å². The molecule has 0 radical (unpaired) electrons. The number of aromatic amines is 1. The van der Waals surface area contributed by atoms with E-state index in [0.29, 0.717) is 22.2 Å². The molecule has 1 amide bonds. The molecule has 0 unspecified atom stereocenters. The molecule has 1 aromatic heterocycles. The fourth-order valence-corrected chi connectivity index (χ4v) is 2.36. The van der Waals surface area contributed by atoms with Gasteiger partial charge in [-0.25, -0.2) is 4.39 Å². The van der Waals surface area contributed by atoms with Gasteiger partial charge in [-0.15, -0.1) is 0 Å². The Hall–Kier alpha value is -2.83. The number of aromatic nitrogens is 1. The van der Waals surface area contributed by atoms with Crippen LogP contribution < -0.4 is 5.32 Å². The zero-order chi connectivity index (χ0) is 17.3. The van der Waals surface area contributed by atoms with Gasteiger partial charge in [0.1, 0.15) is 11.5 Å². The van der Waals surface area contributed by atoms with E-state index >= 15 is 0 Å². The lowest BCUT2D eigenvalue weighted by Gasteiger charge is -2.05. The monoisotopic (exact) mass is 336 g/mol. The predicted octanol–water partition coefficient (Wildman–Crippen LogP) is 4.51. The van der Waals surface area contributed by atoms with Crippen molar-refractivity contribution in [3.8, 4) is 0 Å². The lowest BCUT2D eigenvalue weighted by atomic mass is 10.1. The summed E-state index contributed by atoms with van der Waals surface area (Å²) in [5.74, 6) is -0.731. The number of carbonyl (C=O) groups is 1. The summed E-state index contributed by atoms with van der Waals surface area (Å²) in [7, 11) is 0. The minimum Gasteiger partial charge on any atom is -0.351 e. The van der Waals surface area contributed by atoms with Gasteiger partial charge < -0.3 is 10.3 Å². The Labute approximate surface area is 134 Å². The van der Waals surface area contributed by atoms with E-state index in [1.54, 1.807) is 0 Å². The van der Waals surface area contributed by atoms with Gasteiger partial charge in [-0.1, -0.05) is 12.1 Å². The quantitative estimate of drug-likeness (QED) is 0.679. The zero-order valence-electron chi connectivity index (χ0n) is 12.2. The van der Waals surface area contributed by atoms with Crippen LogP contribution >= 0.6 is 0 Å². The van der Waals surface area contributed by atoms with Crippen molar-refractivity contribution < 1.29 is 22.4 Å². The Morgan fingerprint density at radius 2 is 1.75 bits per heavy atom. The SMILES string of the molecule is O=C(Cc1ccc(F)cc1)Nc1ccc2[nH]c(C(F)(F)F)cc2c1. The van der Waals surface area contributed by atoms with Crippen LogP contribution in [0.3, 0.4) is 0 Å². The highest BCUT2D eigenvalue weighted by Gasteiger charge is 2.32. The lowest BCUT2D eigenvalue weighted by molar-refractivity contribution is -0.140. The predicted molar refractivity (Wildman–Crippen MR) is 82.0 cm³/mol. The minimum atomic E-state index is -4.45. The van der Waals surface area contributed by atoms with Gasteiger partial charge in [-0.2, -0.15) is 13.2 Å². The van der Waals surface area contributed by atoms with Crippen molar-refractivity contribution in [2.45, 2.75) is 12.6 Å². The van der Waals surface area contributed by atoms with Crippen molar-refractivity contribution in [2.24, 2.45) is 0 Å². The number of H-pyrrole nitrogens is 1. The summed E-state index contributed by atoms with van der Waals surface area (Å²) in [5.41, 5.74) is 0.518. The van der Waals surface area contributed by atoms with Crippen LogP contribution in [0.15, 0.2) is 48.5 Å². The number of halogens is 4. The summed E-state index contributed by atoms with van der Waals surface area (Å²) in [5, 5.41) is 2.97. The highest BCUT2D eigenvalue weighted by Crippen LogP contribution is 2.31. The first-order chi connectivity index (χ1) is 11.3. The van der Waals surface area contributed by atoms with Gasteiger partial charge in [0.15, 0.2) is 0 Å². The number of benzene rings is 2. The summed E-state index contributed by atoms with van der Waals surface area (Å²) in [6.07, 6.45) is -4.41. The molecule has 0 atom stereocenters. The Kier molecular flexibility index (Phi) is 4.01. The van der Waals surface area contributed by atoms with E-state index < -0.39 is 17.7 Å². The average Bonchev–Trinajstić information content (AvgIpc) is 2.93. The molecule has 0 saturated heterocycles. The van der Waals surface area contributed by atoms with Gasteiger partial charge in [0.2, 0.25) is 5.91 Å². The second-order valence-corrected chi connectivity index (χ2v) is 5.33. The van der Waals surface area contributed by atoms with Crippen LogP contribution in [0.25, 0.3) is 10.9 Å². The molecular weight excluding hydrogens is 324 g/mol. The van der Waals surface area contributed by atoms with E-state index in [-0.39, 0.29) is 12.3 Å². The minimum absolute atomic E-state index is 0.0409. The van der Waals surface area contributed by atoms with Crippen LogP contribution in [0.4, 0.5) is 23.2 Å². The smallest absolute Gasteiger partial charge is 0.351 e. The summed E-state index contributed by atoms with van der Waals surface area (Å²) >= 11 is 0. The van der Waals surface area contributed by atoms with E-state index in [2.05, 4.69) is 10.3 Å². The molecule has 0 aliphatic rings. The van der Waals surface area contributed by atoms with Crippen molar-refractivity contribution in [3.63, 3.8) is 0 Å². The molecule has 1 heterocycles. The number of alkyl halides is 3.